The Morgan fingerprint density at radius 2 is 1.90 bits per heavy atom. The van der Waals surface area contributed by atoms with E-state index in [1.54, 1.807) is 12.1 Å². The van der Waals surface area contributed by atoms with E-state index in [2.05, 4.69) is 0 Å². The third-order valence-corrected chi connectivity index (χ3v) is 6.10. The van der Waals surface area contributed by atoms with Crippen molar-refractivity contribution in [1.29, 1.82) is 0 Å². The lowest BCUT2D eigenvalue weighted by Crippen LogP contribution is -2.34. The van der Waals surface area contributed by atoms with E-state index in [-0.39, 0.29) is 18.4 Å². The Kier molecular flexibility index (Phi) is 4.99. The second-order valence-corrected chi connectivity index (χ2v) is 7.85. The normalized spacial score (nSPS) is 15.6. The first kappa shape index (κ1) is 19.4. The first-order valence-corrected chi connectivity index (χ1v) is 9.87. The number of carbonyl (C=O) groups excluding carboxylic acids is 1. The Morgan fingerprint density at radius 3 is 2.62 bits per heavy atom. The molecular formula is C24H23FO4. The average molecular weight is 394 g/mol. The molecule has 0 radical (unpaired) electrons. The lowest BCUT2D eigenvalue weighted by atomic mass is 9.79. The minimum Gasteiger partial charge on any atom is -0.460 e. The summed E-state index contributed by atoms with van der Waals surface area (Å²) in [6, 6.07) is 11.4. The maximum atomic E-state index is 13.8. The highest BCUT2D eigenvalue weighted by Gasteiger charge is 2.44. The SMILES string of the molecule is Cc1ccc2c(COC(=O)C3(c4cccc(F)c4)CCCC3)cc(=O)oc2c1C. The highest BCUT2D eigenvalue weighted by Crippen LogP contribution is 2.42. The van der Waals surface area contributed by atoms with E-state index >= 15 is 0 Å². The molecule has 1 aliphatic rings. The molecule has 0 aliphatic heterocycles. The van der Waals surface area contributed by atoms with Crippen molar-refractivity contribution in [2.45, 2.75) is 51.6 Å². The Balaban J connectivity index is 1.66. The first-order chi connectivity index (χ1) is 13.9. The van der Waals surface area contributed by atoms with Gasteiger partial charge >= 0.3 is 11.6 Å². The summed E-state index contributed by atoms with van der Waals surface area (Å²) in [6.45, 7) is 3.82. The van der Waals surface area contributed by atoms with Crippen LogP contribution in [0.25, 0.3) is 11.0 Å². The second-order valence-electron chi connectivity index (χ2n) is 7.85. The number of ether oxygens (including phenoxy) is 1. The number of fused-ring (bicyclic) bond motifs is 1. The molecule has 4 rings (SSSR count). The molecule has 5 heteroatoms. The number of carbonyl (C=O) groups is 1. The standard InChI is InChI=1S/C24H23FO4/c1-15-8-9-20-17(12-21(26)29-22(20)16(15)2)14-28-23(27)24(10-3-4-11-24)18-6-5-7-19(25)13-18/h5-9,12-13H,3-4,10-11,14H2,1-2H3. The zero-order valence-corrected chi connectivity index (χ0v) is 16.6. The predicted molar refractivity (Wildman–Crippen MR) is 108 cm³/mol. The van der Waals surface area contributed by atoms with Crippen molar-refractivity contribution in [2.24, 2.45) is 0 Å². The fourth-order valence-electron chi connectivity index (χ4n) is 4.30. The molecule has 1 saturated carbocycles. The van der Waals surface area contributed by atoms with Crippen LogP contribution in [0.3, 0.4) is 0 Å². The number of esters is 1. The fourth-order valence-corrected chi connectivity index (χ4v) is 4.30. The number of rotatable bonds is 4. The van der Waals surface area contributed by atoms with Crippen LogP contribution in [-0.2, 0) is 21.6 Å². The van der Waals surface area contributed by atoms with Crippen LogP contribution >= 0.6 is 0 Å². The third kappa shape index (κ3) is 3.46. The molecule has 0 bridgehead atoms. The molecule has 1 heterocycles. The van der Waals surface area contributed by atoms with Gasteiger partial charge in [0.15, 0.2) is 0 Å². The van der Waals surface area contributed by atoms with Gasteiger partial charge in [0.1, 0.15) is 18.0 Å². The van der Waals surface area contributed by atoms with Crippen LogP contribution in [0.15, 0.2) is 51.7 Å². The van der Waals surface area contributed by atoms with Crippen molar-refractivity contribution in [1.82, 2.24) is 0 Å². The molecule has 0 atom stereocenters. The van der Waals surface area contributed by atoms with Crippen molar-refractivity contribution in [2.75, 3.05) is 0 Å². The number of hydrogen-bond donors (Lipinski definition) is 0. The zero-order chi connectivity index (χ0) is 20.6. The van der Waals surface area contributed by atoms with Crippen LogP contribution in [0.4, 0.5) is 4.39 Å². The van der Waals surface area contributed by atoms with Crippen molar-refractivity contribution < 1.29 is 18.3 Å². The van der Waals surface area contributed by atoms with Gasteiger partial charge in [-0.3, -0.25) is 4.79 Å². The van der Waals surface area contributed by atoms with E-state index < -0.39 is 11.0 Å². The lowest BCUT2D eigenvalue weighted by molar-refractivity contribution is -0.152. The van der Waals surface area contributed by atoms with Crippen LogP contribution in [0.2, 0.25) is 0 Å². The zero-order valence-electron chi connectivity index (χ0n) is 16.6. The van der Waals surface area contributed by atoms with E-state index in [1.165, 1.54) is 18.2 Å². The second kappa shape index (κ2) is 7.47. The number of halogens is 1. The Bertz CT molecular complexity index is 1140. The summed E-state index contributed by atoms with van der Waals surface area (Å²) in [5.41, 5.74) is 2.39. The van der Waals surface area contributed by atoms with Crippen molar-refractivity contribution in [3.8, 4) is 0 Å². The van der Waals surface area contributed by atoms with E-state index in [4.69, 9.17) is 9.15 Å². The largest absolute Gasteiger partial charge is 0.460 e. The summed E-state index contributed by atoms with van der Waals surface area (Å²) >= 11 is 0. The van der Waals surface area contributed by atoms with Crippen molar-refractivity contribution >= 4 is 16.9 Å². The molecule has 0 saturated heterocycles. The molecule has 150 valence electrons. The Hall–Kier alpha value is -2.95. The molecule has 1 aromatic heterocycles. The summed E-state index contributed by atoms with van der Waals surface area (Å²) in [4.78, 5) is 25.2. The minimum atomic E-state index is -0.830. The van der Waals surface area contributed by atoms with E-state index in [1.807, 2.05) is 26.0 Å². The van der Waals surface area contributed by atoms with E-state index in [0.29, 0.717) is 29.6 Å². The maximum absolute atomic E-state index is 13.8. The maximum Gasteiger partial charge on any atom is 0.336 e. The summed E-state index contributed by atoms with van der Waals surface area (Å²) in [5.74, 6) is -0.732. The average Bonchev–Trinajstić information content (AvgIpc) is 3.20. The smallest absolute Gasteiger partial charge is 0.336 e. The minimum absolute atomic E-state index is 0.0273. The molecule has 1 aliphatic carbocycles. The summed E-state index contributed by atoms with van der Waals surface area (Å²) in [5, 5.41) is 0.756. The molecule has 0 spiro atoms. The molecule has 2 aromatic carbocycles. The highest BCUT2D eigenvalue weighted by atomic mass is 19.1. The van der Waals surface area contributed by atoms with Gasteiger partial charge in [0.05, 0.1) is 5.41 Å². The molecule has 1 fully saturated rings. The number of aryl methyl sites for hydroxylation is 2. The Morgan fingerprint density at radius 1 is 1.14 bits per heavy atom. The monoisotopic (exact) mass is 394 g/mol. The fraction of sp³-hybridized carbons (Fsp3) is 0.333. The molecule has 3 aromatic rings. The van der Waals surface area contributed by atoms with E-state index in [9.17, 15) is 14.0 Å². The highest BCUT2D eigenvalue weighted by molar-refractivity contribution is 5.86. The lowest BCUT2D eigenvalue weighted by Gasteiger charge is -2.27. The predicted octanol–water partition coefficient (Wildman–Crippen LogP) is 5.10. The van der Waals surface area contributed by atoms with Crippen molar-refractivity contribution in [3.63, 3.8) is 0 Å². The number of benzene rings is 2. The van der Waals surface area contributed by atoms with Crippen LogP contribution < -0.4 is 5.63 Å². The van der Waals surface area contributed by atoms with Crippen LogP contribution in [-0.4, -0.2) is 5.97 Å². The van der Waals surface area contributed by atoms with Gasteiger partial charge in [-0.15, -0.1) is 0 Å². The van der Waals surface area contributed by atoms with Gasteiger partial charge in [0.25, 0.3) is 0 Å². The topological polar surface area (TPSA) is 56.5 Å². The van der Waals surface area contributed by atoms with Crippen molar-refractivity contribution in [3.05, 3.63) is 81.0 Å². The molecule has 0 unspecified atom stereocenters. The summed E-state index contributed by atoms with van der Waals surface area (Å²) < 4.78 is 24.9. The van der Waals surface area contributed by atoms with Gasteiger partial charge in [-0.2, -0.15) is 0 Å². The quantitative estimate of drug-likeness (QED) is 0.456. The first-order valence-electron chi connectivity index (χ1n) is 9.87. The van der Waals surface area contributed by atoms with Gasteiger partial charge in [-0.05, 0) is 55.5 Å². The van der Waals surface area contributed by atoms with E-state index in [0.717, 1.165) is 29.4 Å². The number of hydrogen-bond acceptors (Lipinski definition) is 4. The molecular weight excluding hydrogens is 371 g/mol. The van der Waals surface area contributed by atoms with Crippen LogP contribution in [0, 0.1) is 19.7 Å². The van der Waals surface area contributed by atoms with Gasteiger partial charge in [0.2, 0.25) is 0 Å². The van der Waals surface area contributed by atoms with Gasteiger partial charge in [0, 0.05) is 17.0 Å². The molecule has 29 heavy (non-hydrogen) atoms. The molecule has 0 N–H and O–H groups in total. The van der Waals surface area contributed by atoms with Gasteiger partial charge in [-0.1, -0.05) is 37.1 Å². The van der Waals surface area contributed by atoms with Crippen LogP contribution in [0.1, 0.15) is 47.9 Å². The van der Waals surface area contributed by atoms with Gasteiger partial charge < -0.3 is 9.15 Å². The van der Waals surface area contributed by atoms with Crippen LogP contribution in [0.5, 0.6) is 0 Å². The summed E-state index contributed by atoms with van der Waals surface area (Å²) in [7, 11) is 0. The third-order valence-electron chi connectivity index (χ3n) is 6.10. The molecule has 0 amide bonds. The van der Waals surface area contributed by atoms with Gasteiger partial charge in [-0.25, -0.2) is 9.18 Å². The Labute approximate surface area is 168 Å². The molecule has 4 nitrogen and oxygen atoms in total. The summed E-state index contributed by atoms with van der Waals surface area (Å²) in [6.07, 6.45) is 3.04.